The molecule has 0 aliphatic heterocycles. The Kier molecular flexibility index (Phi) is 6.33. The number of carbonyl (C=O) groups is 2. The molecule has 0 unspecified atom stereocenters. The van der Waals surface area contributed by atoms with Crippen LogP contribution in [0.4, 0.5) is 0 Å². The van der Waals surface area contributed by atoms with E-state index in [4.69, 9.17) is 19.3 Å². The van der Waals surface area contributed by atoms with Crippen LogP contribution in [-0.4, -0.2) is 43.5 Å². The molecule has 2 aromatic rings. The van der Waals surface area contributed by atoms with Gasteiger partial charge in [0.1, 0.15) is 19.0 Å². The van der Waals surface area contributed by atoms with Crippen molar-refractivity contribution in [1.82, 2.24) is 0 Å². The molecule has 0 aliphatic rings. The molecule has 0 amide bonds. The summed E-state index contributed by atoms with van der Waals surface area (Å²) in [5.74, 6) is -0.752. The van der Waals surface area contributed by atoms with Crippen molar-refractivity contribution in [3.05, 3.63) is 54.6 Å². The zero-order valence-electron chi connectivity index (χ0n) is 13.1. The third-order valence-corrected chi connectivity index (χ3v) is 3.19. The topological polar surface area (TPSA) is 82.1 Å². The van der Waals surface area contributed by atoms with Crippen LogP contribution in [-0.2, 0) is 14.3 Å². The first-order chi connectivity index (χ1) is 11.6. The van der Waals surface area contributed by atoms with Gasteiger partial charge >= 0.3 is 11.9 Å². The van der Waals surface area contributed by atoms with Gasteiger partial charge in [0.2, 0.25) is 0 Å². The number of esters is 1. The summed E-state index contributed by atoms with van der Waals surface area (Å²) in [6.45, 7) is 4.47. The Labute approximate surface area is 139 Å². The van der Waals surface area contributed by atoms with E-state index in [0.29, 0.717) is 25.6 Å². The summed E-state index contributed by atoms with van der Waals surface area (Å²) in [4.78, 5) is 21.7. The maximum Gasteiger partial charge on any atom is 0.335 e. The zero-order chi connectivity index (χ0) is 17.4. The normalized spacial score (nSPS) is 10.3. The van der Waals surface area contributed by atoms with Crippen molar-refractivity contribution in [2.24, 2.45) is 0 Å². The van der Waals surface area contributed by atoms with Crippen molar-refractivity contribution < 1.29 is 28.9 Å². The number of carboxylic acid groups (broad SMARTS) is 1. The van der Waals surface area contributed by atoms with Gasteiger partial charge in [0, 0.05) is 6.08 Å². The smallest absolute Gasteiger partial charge is 0.335 e. The standard InChI is InChI=1S/C18H18O6/c1-2-17(19)24-10-8-22-7-9-23-16-6-5-13-11-15(18(20)21)4-3-14(13)12-16/h2-6,11-12H,1,7-10H2,(H,20,21). The van der Waals surface area contributed by atoms with Crippen LogP contribution >= 0.6 is 0 Å². The Morgan fingerprint density at radius 3 is 2.46 bits per heavy atom. The van der Waals surface area contributed by atoms with Crippen molar-refractivity contribution in [2.75, 3.05) is 26.4 Å². The van der Waals surface area contributed by atoms with Crippen LogP contribution in [0.15, 0.2) is 49.1 Å². The second-order valence-corrected chi connectivity index (χ2v) is 4.86. The molecule has 6 heteroatoms. The molecule has 0 aliphatic carbocycles. The van der Waals surface area contributed by atoms with Gasteiger partial charge in [0.05, 0.1) is 18.8 Å². The Balaban J connectivity index is 1.77. The maximum absolute atomic E-state index is 10.9. The summed E-state index contributed by atoms with van der Waals surface area (Å²) in [5, 5.41) is 10.7. The molecule has 0 bridgehead atoms. The molecule has 2 aromatic carbocycles. The summed E-state index contributed by atoms with van der Waals surface area (Å²) >= 11 is 0. The van der Waals surface area contributed by atoms with Crippen LogP contribution in [0.2, 0.25) is 0 Å². The van der Waals surface area contributed by atoms with Crippen molar-refractivity contribution in [2.45, 2.75) is 0 Å². The van der Waals surface area contributed by atoms with Gasteiger partial charge in [-0.3, -0.25) is 0 Å². The lowest BCUT2D eigenvalue weighted by atomic mass is 10.1. The van der Waals surface area contributed by atoms with E-state index in [-0.39, 0.29) is 12.2 Å². The largest absolute Gasteiger partial charge is 0.491 e. The number of hydrogen-bond acceptors (Lipinski definition) is 5. The highest BCUT2D eigenvalue weighted by Gasteiger charge is 2.04. The Hall–Kier alpha value is -2.86. The van der Waals surface area contributed by atoms with E-state index in [0.717, 1.165) is 16.8 Å². The highest BCUT2D eigenvalue weighted by Crippen LogP contribution is 2.22. The minimum atomic E-state index is -0.951. The number of fused-ring (bicyclic) bond motifs is 1. The summed E-state index contributed by atoms with van der Waals surface area (Å²) in [6.07, 6.45) is 1.10. The first-order valence-corrected chi connectivity index (χ1v) is 7.37. The van der Waals surface area contributed by atoms with Gasteiger partial charge in [-0.2, -0.15) is 0 Å². The van der Waals surface area contributed by atoms with E-state index in [2.05, 4.69) is 6.58 Å². The number of carboxylic acids is 1. The number of benzene rings is 2. The molecular formula is C18H18O6. The van der Waals surface area contributed by atoms with Crippen molar-refractivity contribution in [1.29, 1.82) is 0 Å². The van der Waals surface area contributed by atoms with Crippen molar-refractivity contribution in [3.63, 3.8) is 0 Å². The molecule has 24 heavy (non-hydrogen) atoms. The molecule has 2 rings (SSSR count). The van der Waals surface area contributed by atoms with Gasteiger partial charge in [-0.25, -0.2) is 9.59 Å². The molecule has 0 aromatic heterocycles. The Morgan fingerprint density at radius 1 is 1.00 bits per heavy atom. The van der Waals surface area contributed by atoms with E-state index < -0.39 is 11.9 Å². The Bertz CT molecular complexity index is 737. The van der Waals surface area contributed by atoms with Crippen LogP contribution in [0.3, 0.4) is 0 Å². The third kappa shape index (κ3) is 5.10. The fourth-order valence-electron chi connectivity index (χ4n) is 2.03. The summed E-state index contributed by atoms with van der Waals surface area (Å²) < 4.78 is 15.6. The zero-order valence-corrected chi connectivity index (χ0v) is 13.1. The summed E-state index contributed by atoms with van der Waals surface area (Å²) in [5.41, 5.74) is 0.252. The molecule has 126 valence electrons. The SMILES string of the molecule is C=CC(=O)OCCOCCOc1ccc2cc(C(=O)O)ccc2c1. The monoisotopic (exact) mass is 330 g/mol. The quantitative estimate of drug-likeness (QED) is 0.432. The van der Waals surface area contributed by atoms with E-state index in [1.54, 1.807) is 24.3 Å². The number of rotatable bonds is 9. The van der Waals surface area contributed by atoms with Crippen LogP contribution in [0.1, 0.15) is 10.4 Å². The second-order valence-electron chi connectivity index (χ2n) is 4.86. The lowest BCUT2D eigenvalue weighted by Crippen LogP contribution is -2.12. The molecule has 0 radical (unpaired) electrons. The summed E-state index contributed by atoms with van der Waals surface area (Å²) in [6, 6.07) is 10.4. The third-order valence-electron chi connectivity index (χ3n) is 3.19. The first kappa shape index (κ1) is 17.5. The first-order valence-electron chi connectivity index (χ1n) is 7.37. The minimum Gasteiger partial charge on any atom is -0.491 e. The molecule has 0 fully saturated rings. The molecule has 0 atom stereocenters. The van der Waals surface area contributed by atoms with E-state index >= 15 is 0 Å². The van der Waals surface area contributed by atoms with Crippen LogP contribution in [0, 0.1) is 0 Å². The van der Waals surface area contributed by atoms with E-state index in [1.165, 1.54) is 0 Å². The second kappa shape index (κ2) is 8.69. The molecule has 1 N–H and O–H groups in total. The molecular weight excluding hydrogens is 312 g/mol. The highest BCUT2D eigenvalue weighted by atomic mass is 16.6. The van der Waals surface area contributed by atoms with Gasteiger partial charge in [-0.15, -0.1) is 0 Å². The fraction of sp³-hybridized carbons (Fsp3) is 0.222. The molecule has 0 saturated carbocycles. The predicted octanol–water partition coefficient (Wildman–Crippen LogP) is 2.66. The number of carbonyl (C=O) groups excluding carboxylic acids is 1. The van der Waals surface area contributed by atoms with Gasteiger partial charge < -0.3 is 19.3 Å². The molecule has 6 nitrogen and oxygen atoms in total. The van der Waals surface area contributed by atoms with Crippen LogP contribution in [0.5, 0.6) is 5.75 Å². The predicted molar refractivity (Wildman–Crippen MR) is 88.4 cm³/mol. The molecule has 0 saturated heterocycles. The van der Waals surface area contributed by atoms with E-state index in [9.17, 15) is 9.59 Å². The van der Waals surface area contributed by atoms with Crippen molar-refractivity contribution in [3.8, 4) is 5.75 Å². The number of aromatic carboxylic acids is 1. The number of ether oxygens (including phenoxy) is 3. The van der Waals surface area contributed by atoms with Gasteiger partial charge in [0.15, 0.2) is 0 Å². The van der Waals surface area contributed by atoms with Crippen LogP contribution < -0.4 is 4.74 Å². The van der Waals surface area contributed by atoms with Gasteiger partial charge in [0.25, 0.3) is 0 Å². The lowest BCUT2D eigenvalue weighted by Gasteiger charge is -2.08. The summed E-state index contributed by atoms with van der Waals surface area (Å²) in [7, 11) is 0. The van der Waals surface area contributed by atoms with Gasteiger partial charge in [-0.05, 0) is 35.0 Å². The number of hydrogen-bond donors (Lipinski definition) is 1. The maximum atomic E-state index is 10.9. The highest BCUT2D eigenvalue weighted by molar-refractivity contribution is 5.94. The van der Waals surface area contributed by atoms with E-state index in [1.807, 2.05) is 12.1 Å². The average Bonchev–Trinajstić information content (AvgIpc) is 2.59. The lowest BCUT2D eigenvalue weighted by molar-refractivity contribution is -0.139. The molecule has 0 heterocycles. The van der Waals surface area contributed by atoms with Crippen molar-refractivity contribution >= 4 is 22.7 Å². The minimum absolute atomic E-state index is 0.173. The average molecular weight is 330 g/mol. The van der Waals surface area contributed by atoms with Gasteiger partial charge in [-0.1, -0.05) is 18.7 Å². The van der Waals surface area contributed by atoms with Crippen LogP contribution in [0.25, 0.3) is 10.8 Å². The Morgan fingerprint density at radius 2 is 1.71 bits per heavy atom. The fourth-order valence-corrected chi connectivity index (χ4v) is 2.03. The molecule has 0 spiro atoms.